The molecule has 4 nitrogen and oxygen atoms in total. The number of hydrogen-bond donors (Lipinski definition) is 2. The van der Waals surface area contributed by atoms with Crippen molar-refractivity contribution in [3.63, 3.8) is 0 Å². The number of rotatable bonds is 2. The van der Waals surface area contributed by atoms with Gasteiger partial charge in [-0.1, -0.05) is 6.07 Å². The van der Waals surface area contributed by atoms with Crippen molar-refractivity contribution in [3.8, 4) is 0 Å². The third kappa shape index (κ3) is 2.18. The molecular formula is C13H17N3O. The number of piperidine rings is 1. The fourth-order valence-corrected chi connectivity index (χ4v) is 2.48. The number of fused-ring (bicyclic) bond motifs is 1. The molecule has 0 amide bonds. The zero-order valence-corrected chi connectivity index (χ0v) is 9.76. The van der Waals surface area contributed by atoms with Crippen LogP contribution < -0.4 is 5.32 Å². The summed E-state index contributed by atoms with van der Waals surface area (Å²) in [5.41, 5.74) is 1.34. The molecule has 17 heavy (non-hydrogen) atoms. The van der Waals surface area contributed by atoms with Gasteiger partial charge in [-0.3, -0.25) is 0 Å². The van der Waals surface area contributed by atoms with E-state index in [1.807, 2.05) is 35.0 Å². The zero-order chi connectivity index (χ0) is 11.7. The molecular weight excluding hydrogens is 214 g/mol. The Hall–Kier alpha value is -1.39. The van der Waals surface area contributed by atoms with Crippen LogP contribution in [0, 0.1) is 0 Å². The molecule has 2 N–H and O–H groups in total. The highest BCUT2D eigenvalue weighted by Gasteiger charge is 2.30. The van der Waals surface area contributed by atoms with Gasteiger partial charge in [-0.05, 0) is 38.1 Å². The summed E-state index contributed by atoms with van der Waals surface area (Å²) in [4.78, 5) is 4.53. The van der Waals surface area contributed by atoms with Crippen molar-refractivity contribution in [2.45, 2.75) is 24.9 Å². The van der Waals surface area contributed by atoms with Crippen molar-refractivity contribution < 1.29 is 5.11 Å². The van der Waals surface area contributed by atoms with E-state index < -0.39 is 5.60 Å². The average Bonchev–Trinajstić information content (AvgIpc) is 2.71. The number of nitrogens with one attached hydrogen (secondary N) is 1. The Kier molecular flexibility index (Phi) is 2.61. The van der Waals surface area contributed by atoms with Crippen LogP contribution in [0.25, 0.3) is 5.65 Å². The Balaban J connectivity index is 1.84. The van der Waals surface area contributed by atoms with Crippen LogP contribution in [0.1, 0.15) is 18.5 Å². The maximum Gasteiger partial charge on any atom is 0.136 e. The van der Waals surface area contributed by atoms with Gasteiger partial charge in [0.1, 0.15) is 5.65 Å². The lowest BCUT2D eigenvalue weighted by atomic mass is 9.88. The first kappa shape index (κ1) is 10.7. The number of hydrogen-bond acceptors (Lipinski definition) is 3. The van der Waals surface area contributed by atoms with Crippen LogP contribution in [0.2, 0.25) is 0 Å². The molecule has 1 fully saturated rings. The molecule has 1 aliphatic rings. The minimum absolute atomic E-state index is 0.580. The molecule has 90 valence electrons. The van der Waals surface area contributed by atoms with Crippen LogP contribution >= 0.6 is 0 Å². The van der Waals surface area contributed by atoms with E-state index in [0.29, 0.717) is 6.42 Å². The molecule has 2 aromatic rings. The Bertz CT molecular complexity index is 481. The first-order chi connectivity index (χ1) is 8.25. The largest absolute Gasteiger partial charge is 0.389 e. The Labute approximate surface area is 100 Å². The molecule has 0 bridgehead atoms. The summed E-state index contributed by atoms with van der Waals surface area (Å²) in [6.45, 7) is 1.79. The molecule has 0 saturated carbocycles. The number of pyridine rings is 1. The molecule has 0 spiro atoms. The van der Waals surface area contributed by atoms with Gasteiger partial charge in [-0.15, -0.1) is 0 Å². The molecule has 1 aliphatic heterocycles. The van der Waals surface area contributed by atoms with Gasteiger partial charge in [0.2, 0.25) is 0 Å². The highest BCUT2D eigenvalue weighted by atomic mass is 16.3. The van der Waals surface area contributed by atoms with Gasteiger partial charge in [0, 0.05) is 18.8 Å². The summed E-state index contributed by atoms with van der Waals surface area (Å²) >= 11 is 0. The van der Waals surface area contributed by atoms with Crippen molar-refractivity contribution in [3.05, 3.63) is 36.3 Å². The van der Waals surface area contributed by atoms with Gasteiger partial charge >= 0.3 is 0 Å². The van der Waals surface area contributed by atoms with E-state index in [0.717, 1.165) is 37.3 Å². The molecule has 0 aromatic carbocycles. The zero-order valence-electron chi connectivity index (χ0n) is 9.76. The number of aromatic nitrogens is 2. The van der Waals surface area contributed by atoms with Crippen LogP contribution in [-0.4, -0.2) is 33.2 Å². The second-order valence-electron chi connectivity index (χ2n) is 4.85. The molecule has 1 saturated heterocycles. The summed E-state index contributed by atoms with van der Waals surface area (Å²) in [5, 5.41) is 13.7. The maximum absolute atomic E-state index is 10.5. The lowest BCUT2D eigenvalue weighted by Crippen LogP contribution is -2.43. The maximum atomic E-state index is 10.5. The third-order valence-corrected chi connectivity index (χ3v) is 3.46. The SMILES string of the molecule is OC1(Cc2cn3ccccc3n2)CCNCC1. The van der Waals surface area contributed by atoms with E-state index in [2.05, 4.69) is 10.3 Å². The molecule has 0 radical (unpaired) electrons. The van der Waals surface area contributed by atoms with Gasteiger partial charge in [-0.25, -0.2) is 4.98 Å². The monoisotopic (exact) mass is 231 g/mol. The highest BCUT2D eigenvalue weighted by Crippen LogP contribution is 2.23. The van der Waals surface area contributed by atoms with E-state index in [9.17, 15) is 5.11 Å². The Morgan fingerprint density at radius 1 is 1.35 bits per heavy atom. The topological polar surface area (TPSA) is 49.6 Å². The quantitative estimate of drug-likeness (QED) is 0.810. The molecule has 0 aliphatic carbocycles. The number of aliphatic hydroxyl groups is 1. The fourth-order valence-electron chi connectivity index (χ4n) is 2.48. The van der Waals surface area contributed by atoms with Crippen molar-refractivity contribution in [1.82, 2.24) is 14.7 Å². The van der Waals surface area contributed by atoms with Gasteiger partial charge in [-0.2, -0.15) is 0 Å². The van der Waals surface area contributed by atoms with Crippen LogP contribution in [0.3, 0.4) is 0 Å². The molecule has 3 rings (SSSR count). The molecule has 2 aromatic heterocycles. The standard InChI is InChI=1S/C13H17N3O/c17-13(4-6-14-7-5-13)9-11-10-16-8-2-1-3-12(16)15-11/h1-3,8,10,14,17H,4-7,9H2. The summed E-state index contributed by atoms with van der Waals surface area (Å²) in [6.07, 6.45) is 6.26. The van der Waals surface area contributed by atoms with E-state index in [1.165, 1.54) is 0 Å². The van der Waals surface area contributed by atoms with Crippen molar-refractivity contribution in [2.24, 2.45) is 0 Å². The molecule has 0 unspecified atom stereocenters. The molecule has 0 atom stereocenters. The van der Waals surface area contributed by atoms with Crippen LogP contribution in [0.5, 0.6) is 0 Å². The normalized spacial score (nSPS) is 19.6. The smallest absolute Gasteiger partial charge is 0.136 e. The van der Waals surface area contributed by atoms with Crippen LogP contribution in [0.15, 0.2) is 30.6 Å². The molecule has 4 heteroatoms. The van der Waals surface area contributed by atoms with E-state index >= 15 is 0 Å². The predicted octanol–water partition coefficient (Wildman–Crippen LogP) is 0.991. The van der Waals surface area contributed by atoms with E-state index in [-0.39, 0.29) is 0 Å². The second-order valence-corrected chi connectivity index (χ2v) is 4.85. The minimum Gasteiger partial charge on any atom is -0.389 e. The van der Waals surface area contributed by atoms with Gasteiger partial charge in [0.25, 0.3) is 0 Å². The fraction of sp³-hybridized carbons (Fsp3) is 0.462. The summed E-state index contributed by atoms with van der Waals surface area (Å²) in [6, 6.07) is 5.94. The van der Waals surface area contributed by atoms with E-state index in [4.69, 9.17) is 0 Å². The van der Waals surface area contributed by atoms with Crippen molar-refractivity contribution in [2.75, 3.05) is 13.1 Å². The lowest BCUT2D eigenvalue weighted by molar-refractivity contribution is 0.0101. The summed E-state index contributed by atoms with van der Waals surface area (Å²) < 4.78 is 2.00. The summed E-state index contributed by atoms with van der Waals surface area (Å²) in [7, 11) is 0. The molecule has 3 heterocycles. The first-order valence-electron chi connectivity index (χ1n) is 6.11. The second kappa shape index (κ2) is 4.13. The van der Waals surface area contributed by atoms with Gasteiger partial charge in [0.05, 0.1) is 11.3 Å². The van der Waals surface area contributed by atoms with E-state index in [1.54, 1.807) is 0 Å². The number of nitrogens with zero attached hydrogens (tertiary/aromatic N) is 2. The third-order valence-electron chi connectivity index (χ3n) is 3.46. The minimum atomic E-state index is -0.580. The Morgan fingerprint density at radius 3 is 2.94 bits per heavy atom. The average molecular weight is 231 g/mol. The first-order valence-corrected chi connectivity index (χ1v) is 6.11. The predicted molar refractivity (Wildman–Crippen MR) is 65.9 cm³/mol. The number of imidazole rings is 1. The summed E-state index contributed by atoms with van der Waals surface area (Å²) in [5.74, 6) is 0. The van der Waals surface area contributed by atoms with Gasteiger partial charge in [0.15, 0.2) is 0 Å². The lowest BCUT2D eigenvalue weighted by Gasteiger charge is -2.31. The van der Waals surface area contributed by atoms with Crippen LogP contribution in [0.4, 0.5) is 0 Å². The highest BCUT2D eigenvalue weighted by molar-refractivity contribution is 5.39. The van der Waals surface area contributed by atoms with Crippen molar-refractivity contribution in [1.29, 1.82) is 0 Å². The van der Waals surface area contributed by atoms with Crippen LogP contribution in [-0.2, 0) is 6.42 Å². The Morgan fingerprint density at radius 2 is 2.18 bits per heavy atom. The van der Waals surface area contributed by atoms with Crippen molar-refractivity contribution >= 4 is 5.65 Å². The van der Waals surface area contributed by atoms with Gasteiger partial charge < -0.3 is 14.8 Å².